The number of hydrogen-bond acceptors (Lipinski definition) is 2. The lowest BCUT2D eigenvalue weighted by Crippen LogP contribution is -2.10. The number of nitrogens with one attached hydrogen (secondary N) is 1. The van der Waals surface area contributed by atoms with Gasteiger partial charge in [0.25, 0.3) is 0 Å². The van der Waals surface area contributed by atoms with E-state index in [1.165, 1.54) is 7.11 Å². The number of anilines is 1. The van der Waals surface area contributed by atoms with Crippen molar-refractivity contribution < 1.29 is 9.53 Å². The standard InChI is InChI=1S/C8H8INO2/c1-12-8(11)10-7-4-2-6(9)3-5-7/h2-5H,1H3,(H,10,11). The first-order valence-corrected chi connectivity index (χ1v) is 4.41. The number of rotatable bonds is 1. The minimum absolute atomic E-state index is 0.448. The lowest BCUT2D eigenvalue weighted by atomic mass is 10.3. The third kappa shape index (κ3) is 2.69. The highest BCUT2D eigenvalue weighted by Crippen LogP contribution is 2.10. The van der Waals surface area contributed by atoms with E-state index >= 15 is 0 Å². The van der Waals surface area contributed by atoms with Crippen molar-refractivity contribution in [2.75, 3.05) is 12.4 Å². The summed E-state index contributed by atoms with van der Waals surface area (Å²) in [5.41, 5.74) is 0.738. The molecule has 1 aromatic carbocycles. The number of carbonyl (C=O) groups excluding carboxylic acids is 1. The summed E-state index contributed by atoms with van der Waals surface area (Å²) >= 11 is 2.20. The largest absolute Gasteiger partial charge is 0.453 e. The Morgan fingerprint density at radius 3 is 2.50 bits per heavy atom. The highest BCUT2D eigenvalue weighted by molar-refractivity contribution is 14.1. The summed E-state index contributed by atoms with van der Waals surface area (Å²) in [4.78, 5) is 10.7. The van der Waals surface area contributed by atoms with Crippen LogP contribution in [0, 0.1) is 3.57 Å². The summed E-state index contributed by atoms with van der Waals surface area (Å²) in [5.74, 6) is 0. The molecule has 0 unspecified atom stereocenters. The Balaban J connectivity index is 2.64. The zero-order valence-electron chi connectivity index (χ0n) is 6.50. The molecule has 1 rings (SSSR count). The molecule has 3 nitrogen and oxygen atoms in total. The van der Waals surface area contributed by atoms with Crippen molar-refractivity contribution >= 4 is 34.4 Å². The normalized spacial score (nSPS) is 9.17. The molecule has 0 saturated carbocycles. The first-order valence-electron chi connectivity index (χ1n) is 3.33. The van der Waals surface area contributed by atoms with Crippen molar-refractivity contribution in [1.29, 1.82) is 0 Å². The van der Waals surface area contributed by atoms with Crippen molar-refractivity contribution in [2.24, 2.45) is 0 Å². The maximum atomic E-state index is 10.7. The Morgan fingerprint density at radius 2 is 2.00 bits per heavy atom. The van der Waals surface area contributed by atoms with Crippen LogP contribution in [0.25, 0.3) is 0 Å². The topological polar surface area (TPSA) is 38.3 Å². The fraction of sp³-hybridized carbons (Fsp3) is 0.125. The third-order valence-electron chi connectivity index (χ3n) is 1.28. The number of benzene rings is 1. The molecule has 0 saturated heterocycles. The Labute approximate surface area is 84.2 Å². The molecule has 0 aliphatic heterocycles. The molecule has 1 N–H and O–H groups in total. The van der Waals surface area contributed by atoms with E-state index in [-0.39, 0.29) is 0 Å². The van der Waals surface area contributed by atoms with Gasteiger partial charge in [-0.2, -0.15) is 0 Å². The van der Waals surface area contributed by atoms with Crippen molar-refractivity contribution in [2.45, 2.75) is 0 Å². The van der Waals surface area contributed by atoms with E-state index in [4.69, 9.17) is 0 Å². The summed E-state index contributed by atoms with van der Waals surface area (Å²) in [7, 11) is 1.34. The molecule has 0 heterocycles. The fourth-order valence-corrected chi connectivity index (χ4v) is 1.06. The van der Waals surface area contributed by atoms with E-state index in [0.717, 1.165) is 9.26 Å². The van der Waals surface area contributed by atoms with Crippen LogP contribution in [0.4, 0.5) is 10.5 Å². The number of methoxy groups -OCH3 is 1. The molecule has 0 radical (unpaired) electrons. The minimum Gasteiger partial charge on any atom is -0.453 e. The maximum Gasteiger partial charge on any atom is 0.411 e. The monoisotopic (exact) mass is 277 g/mol. The molecule has 0 aromatic heterocycles. The Morgan fingerprint density at radius 1 is 1.42 bits per heavy atom. The third-order valence-corrected chi connectivity index (χ3v) is 2.00. The number of carbonyl (C=O) groups is 1. The number of ether oxygens (including phenoxy) is 1. The number of hydrogen-bond donors (Lipinski definition) is 1. The Kier molecular flexibility index (Phi) is 3.33. The smallest absolute Gasteiger partial charge is 0.411 e. The summed E-state index contributed by atoms with van der Waals surface area (Å²) in [5, 5.41) is 2.55. The van der Waals surface area contributed by atoms with Gasteiger partial charge in [-0.15, -0.1) is 0 Å². The van der Waals surface area contributed by atoms with E-state index in [9.17, 15) is 4.79 Å². The predicted octanol–water partition coefficient (Wildman–Crippen LogP) is 2.47. The average molecular weight is 277 g/mol. The van der Waals surface area contributed by atoms with Gasteiger partial charge in [-0.1, -0.05) is 0 Å². The first kappa shape index (κ1) is 9.31. The van der Waals surface area contributed by atoms with Crippen LogP contribution < -0.4 is 5.32 Å². The van der Waals surface area contributed by atoms with Gasteiger partial charge >= 0.3 is 6.09 Å². The molecule has 12 heavy (non-hydrogen) atoms. The van der Waals surface area contributed by atoms with Gasteiger partial charge in [0, 0.05) is 9.26 Å². The fourth-order valence-electron chi connectivity index (χ4n) is 0.702. The van der Waals surface area contributed by atoms with Crippen LogP contribution >= 0.6 is 22.6 Å². The van der Waals surface area contributed by atoms with Crippen molar-refractivity contribution in [1.82, 2.24) is 0 Å². The molecule has 1 amide bonds. The quantitative estimate of drug-likeness (QED) is 0.801. The van der Waals surface area contributed by atoms with Crippen LogP contribution in [0.1, 0.15) is 0 Å². The van der Waals surface area contributed by atoms with Crippen LogP contribution in [-0.2, 0) is 4.74 Å². The van der Waals surface area contributed by atoms with Gasteiger partial charge < -0.3 is 4.74 Å². The average Bonchev–Trinajstić information content (AvgIpc) is 2.09. The highest BCUT2D eigenvalue weighted by Gasteiger charge is 1.98. The van der Waals surface area contributed by atoms with Gasteiger partial charge in [0.05, 0.1) is 7.11 Å². The molecule has 0 atom stereocenters. The second kappa shape index (κ2) is 4.30. The Bertz CT molecular complexity index is 271. The molecule has 0 bridgehead atoms. The molecule has 1 aromatic rings. The predicted molar refractivity (Wildman–Crippen MR) is 55.2 cm³/mol. The van der Waals surface area contributed by atoms with Gasteiger partial charge in [0.2, 0.25) is 0 Å². The zero-order chi connectivity index (χ0) is 8.97. The van der Waals surface area contributed by atoms with E-state index in [1.54, 1.807) is 0 Å². The molecular weight excluding hydrogens is 269 g/mol. The van der Waals surface area contributed by atoms with E-state index in [2.05, 4.69) is 32.6 Å². The van der Waals surface area contributed by atoms with Gasteiger partial charge in [-0.3, -0.25) is 5.32 Å². The molecule has 0 fully saturated rings. The van der Waals surface area contributed by atoms with E-state index < -0.39 is 6.09 Å². The Hall–Kier alpha value is -0.780. The van der Waals surface area contributed by atoms with Crippen molar-refractivity contribution in [3.05, 3.63) is 27.8 Å². The molecular formula is C8H8INO2. The molecule has 4 heteroatoms. The van der Waals surface area contributed by atoms with Crippen LogP contribution in [0.5, 0.6) is 0 Å². The highest BCUT2D eigenvalue weighted by atomic mass is 127. The zero-order valence-corrected chi connectivity index (χ0v) is 8.66. The number of halogens is 1. The van der Waals surface area contributed by atoms with Gasteiger partial charge in [-0.05, 0) is 46.9 Å². The van der Waals surface area contributed by atoms with Crippen molar-refractivity contribution in [3.8, 4) is 0 Å². The summed E-state index contributed by atoms with van der Waals surface area (Å²) in [6.07, 6.45) is -0.448. The summed E-state index contributed by atoms with van der Waals surface area (Å²) < 4.78 is 5.56. The van der Waals surface area contributed by atoms with Gasteiger partial charge in [0.1, 0.15) is 0 Å². The molecule has 0 spiro atoms. The first-order chi connectivity index (χ1) is 5.72. The van der Waals surface area contributed by atoms with E-state index in [1.807, 2.05) is 24.3 Å². The summed E-state index contributed by atoms with van der Waals surface area (Å²) in [6.45, 7) is 0. The lowest BCUT2D eigenvalue weighted by molar-refractivity contribution is 0.187. The second-order valence-corrected chi connectivity index (χ2v) is 3.37. The lowest BCUT2D eigenvalue weighted by Gasteiger charge is -2.02. The van der Waals surface area contributed by atoms with Crippen LogP contribution in [0.3, 0.4) is 0 Å². The van der Waals surface area contributed by atoms with Crippen LogP contribution in [-0.4, -0.2) is 13.2 Å². The van der Waals surface area contributed by atoms with E-state index in [0.29, 0.717) is 0 Å². The molecule has 0 aliphatic carbocycles. The van der Waals surface area contributed by atoms with Gasteiger partial charge in [0.15, 0.2) is 0 Å². The molecule has 64 valence electrons. The van der Waals surface area contributed by atoms with Gasteiger partial charge in [-0.25, -0.2) is 4.79 Å². The van der Waals surface area contributed by atoms with Crippen LogP contribution in [0.2, 0.25) is 0 Å². The SMILES string of the molecule is COC(=O)Nc1ccc(I)cc1. The minimum atomic E-state index is -0.448. The second-order valence-electron chi connectivity index (χ2n) is 2.12. The van der Waals surface area contributed by atoms with Crippen LogP contribution in [0.15, 0.2) is 24.3 Å². The summed E-state index contributed by atoms with van der Waals surface area (Å²) in [6, 6.07) is 7.45. The maximum absolute atomic E-state index is 10.7. The molecule has 0 aliphatic rings. The van der Waals surface area contributed by atoms with Crippen molar-refractivity contribution in [3.63, 3.8) is 0 Å². The number of amides is 1.